The van der Waals surface area contributed by atoms with Crippen molar-refractivity contribution in [2.75, 3.05) is 7.11 Å². The van der Waals surface area contributed by atoms with Gasteiger partial charge in [0.25, 0.3) is 0 Å². The second-order valence-electron chi connectivity index (χ2n) is 5.74. The Morgan fingerprint density at radius 2 is 2.19 bits per heavy atom. The predicted molar refractivity (Wildman–Crippen MR) is 70.5 cm³/mol. The molecule has 2 unspecified atom stereocenters. The largest absolute Gasteiger partial charge is 0.377 e. The van der Waals surface area contributed by atoms with Crippen LogP contribution < -0.4 is 0 Å². The van der Waals surface area contributed by atoms with Gasteiger partial charge in [0.15, 0.2) is 0 Å². The van der Waals surface area contributed by atoms with E-state index in [4.69, 9.17) is 4.74 Å². The Bertz CT molecular complexity index is 297. The minimum absolute atomic E-state index is 0.227. The molecule has 1 aliphatic rings. The first-order valence-electron chi connectivity index (χ1n) is 6.26. The van der Waals surface area contributed by atoms with Gasteiger partial charge in [-0.05, 0) is 44.6 Å². The van der Waals surface area contributed by atoms with Gasteiger partial charge in [0.05, 0.1) is 6.10 Å². The van der Waals surface area contributed by atoms with E-state index in [1.807, 2.05) is 0 Å². The van der Waals surface area contributed by atoms with E-state index in [1.165, 1.54) is 24.0 Å². The first-order valence-corrected chi connectivity index (χ1v) is 6.26. The van der Waals surface area contributed by atoms with E-state index in [-0.39, 0.29) is 6.10 Å². The van der Waals surface area contributed by atoms with Gasteiger partial charge in [0.1, 0.15) is 0 Å². The van der Waals surface area contributed by atoms with Crippen molar-refractivity contribution in [3.63, 3.8) is 0 Å². The van der Waals surface area contributed by atoms with Crippen molar-refractivity contribution in [3.8, 4) is 0 Å². The molecule has 0 bridgehead atoms. The van der Waals surface area contributed by atoms with Crippen LogP contribution in [0.1, 0.15) is 47.5 Å². The van der Waals surface area contributed by atoms with Crippen LogP contribution in [0.25, 0.3) is 0 Å². The smallest absolute Gasteiger partial charge is 0.0750 e. The van der Waals surface area contributed by atoms with Gasteiger partial charge < -0.3 is 4.74 Å². The molecule has 92 valence electrons. The zero-order valence-electron chi connectivity index (χ0n) is 11.6. The number of rotatable bonds is 3. The van der Waals surface area contributed by atoms with Crippen molar-refractivity contribution >= 4 is 0 Å². The Labute approximate surface area is 101 Å². The van der Waals surface area contributed by atoms with Crippen molar-refractivity contribution in [1.82, 2.24) is 0 Å². The molecule has 0 spiro atoms. The van der Waals surface area contributed by atoms with Gasteiger partial charge in [-0.25, -0.2) is 0 Å². The second kappa shape index (κ2) is 5.18. The third kappa shape index (κ3) is 2.98. The van der Waals surface area contributed by atoms with Crippen molar-refractivity contribution in [2.24, 2.45) is 11.3 Å². The lowest BCUT2D eigenvalue weighted by atomic mass is 9.68. The van der Waals surface area contributed by atoms with Gasteiger partial charge in [-0.15, -0.1) is 0 Å². The molecule has 2 atom stereocenters. The maximum atomic E-state index is 5.37. The first kappa shape index (κ1) is 13.5. The number of ether oxygens (including phenoxy) is 1. The van der Waals surface area contributed by atoms with Crippen LogP contribution >= 0.6 is 0 Å². The van der Waals surface area contributed by atoms with Crippen LogP contribution in [0.3, 0.4) is 0 Å². The van der Waals surface area contributed by atoms with Crippen LogP contribution in [-0.2, 0) is 4.74 Å². The summed E-state index contributed by atoms with van der Waals surface area (Å²) in [4.78, 5) is 0. The standard InChI is InChI=1S/C15H26O/c1-11-8-7-9-15(4,5)14(11)10-12(2)13(3)16-6/h8,10,13-14H,7,9H2,1-6H3/b12-10+. The van der Waals surface area contributed by atoms with E-state index >= 15 is 0 Å². The highest BCUT2D eigenvalue weighted by molar-refractivity contribution is 5.22. The molecular weight excluding hydrogens is 196 g/mol. The summed E-state index contributed by atoms with van der Waals surface area (Å²) < 4.78 is 5.37. The Kier molecular flexibility index (Phi) is 4.37. The second-order valence-corrected chi connectivity index (χ2v) is 5.74. The highest BCUT2D eigenvalue weighted by atomic mass is 16.5. The number of hydrogen-bond donors (Lipinski definition) is 0. The Hall–Kier alpha value is -0.560. The molecule has 1 rings (SSSR count). The van der Waals surface area contributed by atoms with Gasteiger partial charge >= 0.3 is 0 Å². The quantitative estimate of drug-likeness (QED) is 0.645. The summed E-state index contributed by atoms with van der Waals surface area (Å²) in [6.45, 7) is 11.3. The van der Waals surface area contributed by atoms with E-state index in [0.29, 0.717) is 11.3 Å². The molecule has 0 fully saturated rings. The Morgan fingerprint density at radius 3 is 2.69 bits per heavy atom. The third-order valence-corrected chi connectivity index (χ3v) is 4.01. The Balaban J connectivity index is 2.92. The maximum absolute atomic E-state index is 5.37. The average molecular weight is 222 g/mol. The molecule has 1 heteroatoms. The molecule has 0 aromatic carbocycles. The molecule has 0 aromatic heterocycles. The Morgan fingerprint density at radius 1 is 1.56 bits per heavy atom. The molecule has 16 heavy (non-hydrogen) atoms. The molecule has 0 saturated carbocycles. The summed E-state index contributed by atoms with van der Waals surface area (Å²) in [5.74, 6) is 0.568. The molecule has 0 aliphatic heterocycles. The zero-order valence-corrected chi connectivity index (χ0v) is 11.6. The van der Waals surface area contributed by atoms with Crippen LogP contribution in [0.4, 0.5) is 0 Å². The van der Waals surface area contributed by atoms with Gasteiger partial charge in [-0.1, -0.05) is 31.6 Å². The van der Waals surface area contributed by atoms with Crippen molar-refractivity contribution < 1.29 is 4.74 Å². The lowest BCUT2D eigenvalue weighted by Crippen LogP contribution is -2.27. The average Bonchev–Trinajstić information content (AvgIpc) is 2.21. The minimum Gasteiger partial charge on any atom is -0.377 e. The summed E-state index contributed by atoms with van der Waals surface area (Å²) in [5.41, 5.74) is 3.24. The van der Waals surface area contributed by atoms with E-state index < -0.39 is 0 Å². The molecule has 0 radical (unpaired) electrons. The normalized spacial score (nSPS) is 27.5. The van der Waals surface area contributed by atoms with E-state index in [1.54, 1.807) is 7.11 Å². The highest BCUT2D eigenvalue weighted by Crippen LogP contribution is 2.42. The molecular formula is C15H26O. The van der Waals surface area contributed by atoms with Crippen LogP contribution in [0.15, 0.2) is 23.3 Å². The number of hydrogen-bond acceptors (Lipinski definition) is 1. The lowest BCUT2D eigenvalue weighted by molar-refractivity contribution is 0.145. The highest BCUT2D eigenvalue weighted by Gasteiger charge is 2.31. The maximum Gasteiger partial charge on any atom is 0.0750 e. The number of methoxy groups -OCH3 is 1. The lowest BCUT2D eigenvalue weighted by Gasteiger charge is -2.37. The fourth-order valence-electron chi connectivity index (χ4n) is 2.51. The van der Waals surface area contributed by atoms with Gasteiger partial charge in [-0.3, -0.25) is 0 Å². The van der Waals surface area contributed by atoms with E-state index in [9.17, 15) is 0 Å². The van der Waals surface area contributed by atoms with Crippen LogP contribution in [-0.4, -0.2) is 13.2 Å². The SMILES string of the molecule is COC(C)/C(C)=C/C1C(C)=CCCC1(C)C. The van der Waals surface area contributed by atoms with Crippen LogP contribution in [0.2, 0.25) is 0 Å². The van der Waals surface area contributed by atoms with Crippen LogP contribution in [0, 0.1) is 11.3 Å². The van der Waals surface area contributed by atoms with Crippen LogP contribution in [0.5, 0.6) is 0 Å². The number of allylic oxidation sites excluding steroid dienone is 3. The van der Waals surface area contributed by atoms with Gasteiger partial charge in [0, 0.05) is 13.0 Å². The minimum atomic E-state index is 0.227. The first-order chi connectivity index (χ1) is 7.38. The van der Waals surface area contributed by atoms with E-state index in [0.717, 1.165) is 0 Å². The fourth-order valence-corrected chi connectivity index (χ4v) is 2.51. The summed E-state index contributed by atoms with van der Waals surface area (Å²) in [6.07, 6.45) is 7.52. The van der Waals surface area contributed by atoms with Crippen molar-refractivity contribution in [1.29, 1.82) is 0 Å². The van der Waals surface area contributed by atoms with Crippen molar-refractivity contribution in [3.05, 3.63) is 23.3 Å². The molecule has 0 amide bonds. The van der Waals surface area contributed by atoms with Crippen molar-refractivity contribution in [2.45, 2.75) is 53.6 Å². The zero-order chi connectivity index (χ0) is 12.3. The summed E-state index contributed by atoms with van der Waals surface area (Å²) in [7, 11) is 1.77. The van der Waals surface area contributed by atoms with Gasteiger partial charge in [-0.2, -0.15) is 0 Å². The predicted octanol–water partition coefficient (Wildman–Crippen LogP) is 4.35. The molecule has 1 nitrogen and oxygen atoms in total. The fraction of sp³-hybridized carbons (Fsp3) is 0.733. The third-order valence-electron chi connectivity index (χ3n) is 4.01. The summed E-state index contributed by atoms with van der Waals surface area (Å²) in [5, 5.41) is 0. The molecule has 0 N–H and O–H groups in total. The summed E-state index contributed by atoms with van der Waals surface area (Å²) in [6, 6.07) is 0. The molecule has 1 aliphatic carbocycles. The van der Waals surface area contributed by atoms with E-state index in [2.05, 4.69) is 46.8 Å². The molecule has 0 saturated heterocycles. The topological polar surface area (TPSA) is 9.23 Å². The van der Waals surface area contributed by atoms with Gasteiger partial charge in [0.2, 0.25) is 0 Å². The summed E-state index contributed by atoms with van der Waals surface area (Å²) >= 11 is 0. The monoisotopic (exact) mass is 222 g/mol. The molecule has 0 heterocycles. The molecule has 0 aromatic rings.